The van der Waals surface area contributed by atoms with Gasteiger partial charge < -0.3 is 15.0 Å². The highest BCUT2D eigenvalue weighted by Gasteiger charge is 2.34. The molecular weight excluding hydrogens is 609 g/mol. The molecule has 0 saturated heterocycles. The van der Waals surface area contributed by atoms with Gasteiger partial charge in [0.1, 0.15) is 18.3 Å². The van der Waals surface area contributed by atoms with E-state index in [0.29, 0.717) is 17.1 Å². The van der Waals surface area contributed by atoms with Crippen molar-refractivity contribution in [1.29, 1.82) is 0 Å². The number of halogens is 3. The summed E-state index contributed by atoms with van der Waals surface area (Å²) >= 11 is 18.6. The van der Waals surface area contributed by atoms with Crippen LogP contribution < -0.4 is 14.4 Å². The highest BCUT2D eigenvalue weighted by molar-refractivity contribution is 7.92. The van der Waals surface area contributed by atoms with Crippen molar-refractivity contribution in [3.8, 4) is 5.75 Å². The van der Waals surface area contributed by atoms with Crippen LogP contribution in [-0.2, 0) is 26.2 Å². The Morgan fingerprint density at radius 1 is 0.951 bits per heavy atom. The number of sulfonamides is 1. The number of amides is 2. The minimum Gasteiger partial charge on any atom is -0.495 e. The van der Waals surface area contributed by atoms with Gasteiger partial charge in [0.2, 0.25) is 11.8 Å². The maximum Gasteiger partial charge on any atom is 0.264 e. The summed E-state index contributed by atoms with van der Waals surface area (Å²) in [6.45, 7) is 5.09. The summed E-state index contributed by atoms with van der Waals surface area (Å²) in [7, 11) is -2.90. The summed E-state index contributed by atoms with van der Waals surface area (Å²) in [6, 6.07) is 14.8. The Bertz CT molecular complexity index is 1500. The van der Waals surface area contributed by atoms with Crippen molar-refractivity contribution < 1.29 is 22.7 Å². The molecule has 220 valence electrons. The molecule has 3 aromatic rings. The van der Waals surface area contributed by atoms with Crippen LogP contribution in [0.25, 0.3) is 0 Å². The number of nitrogens with one attached hydrogen (secondary N) is 1. The molecule has 1 atom stereocenters. The zero-order valence-electron chi connectivity index (χ0n) is 23.2. The molecule has 0 spiro atoms. The van der Waals surface area contributed by atoms with Crippen molar-refractivity contribution in [3.05, 3.63) is 86.9 Å². The SMILES string of the molecule is CCNC(=O)C(CC)N(Cc1ccc(Cl)c(Cl)c1)C(=O)CN(c1cc(Cl)ccc1OC)S(=O)(=O)c1ccc(C)cc1. The molecular formula is C29H32Cl3N3O5S. The zero-order chi connectivity index (χ0) is 30.3. The van der Waals surface area contributed by atoms with Crippen LogP contribution in [0.15, 0.2) is 65.6 Å². The topological polar surface area (TPSA) is 96.0 Å². The first-order chi connectivity index (χ1) is 19.4. The number of likely N-dealkylation sites (N-methyl/N-ethyl adjacent to an activating group) is 1. The maximum atomic E-state index is 14.1. The van der Waals surface area contributed by atoms with Crippen LogP contribution in [0, 0.1) is 6.92 Å². The number of rotatable bonds is 12. The van der Waals surface area contributed by atoms with Gasteiger partial charge in [0.15, 0.2) is 0 Å². The van der Waals surface area contributed by atoms with Crippen molar-refractivity contribution >= 4 is 62.3 Å². The van der Waals surface area contributed by atoms with E-state index in [2.05, 4.69) is 5.32 Å². The maximum absolute atomic E-state index is 14.1. The Labute approximate surface area is 256 Å². The summed E-state index contributed by atoms with van der Waals surface area (Å²) in [5.74, 6) is -0.784. The van der Waals surface area contributed by atoms with Gasteiger partial charge in [-0.05, 0) is 68.3 Å². The lowest BCUT2D eigenvalue weighted by Crippen LogP contribution is -2.52. The Kier molecular flexibility index (Phi) is 11.3. The summed E-state index contributed by atoms with van der Waals surface area (Å²) in [6.07, 6.45) is 0.282. The first-order valence-electron chi connectivity index (χ1n) is 12.9. The Morgan fingerprint density at radius 3 is 2.22 bits per heavy atom. The van der Waals surface area contributed by atoms with E-state index in [0.717, 1.165) is 9.87 Å². The van der Waals surface area contributed by atoms with Gasteiger partial charge in [-0.15, -0.1) is 0 Å². The van der Waals surface area contributed by atoms with Crippen LogP contribution >= 0.6 is 34.8 Å². The minimum atomic E-state index is -4.29. The van der Waals surface area contributed by atoms with E-state index in [4.69, 9.17) is 39.5 Å². The van der Waals surface area contributed by atoms with Crippen molar-refractivity contribution in [3.63, 3.8) is 0 Å². The van der Waals surface area contributed by atoms with Crippen LogP contribution in [0.3, 0.4) is 0 Å². The number of hydrogen-bond donors (Lipinski definition) is 1. The number of ether oxygens (including phenoxy) is 1. The summed E-state index contributed by atoms with van der Waals surface area (Å²) in [5, 5.41) is 3.64. The average molecular weight is 641 g/mol. The van der Waals surface area contributed by atoms with E-state index in [9.17, 15) is 18.0 Å². The number of benzene rings is 3. The van der Waals surface area contributed by atoms with Gasteiger partial charge in [-0.25, -0.2) is 8.42 Å². The molecule has 1 N–H and O–H groups in total. The number of anilines is 1. The van der Waals surface area contributed by atoms with Gasteiger partial charge in [0.25, 0.3) is 10.0 Å². The second-order valence-electron chi connectivity index (χ2n) is 9.23. The first-order valence-corrected chi connectivity index (χ1v) is 15.4. The third-order valence-electron chi connectivity index (χ3n) is 6.37. The molecule has 12 heteroatoms. The molecule has 0 bridgehead atoms. The molecule has 0 fully saturated rings. The molecule has 0 heterocycles. The van der Waals surface area contributed by atoms with E-state index < -0.39 is 28.5 Å². The molecule has 1 unspecified atom stereocenters. The van der Waals surface area contributed by atoms with Crippen LogP contribution in [0.5, 0.6) is 5.75 Å². The smallest absolute Gasteiger partial charge is 0.264 e. The average Bonchev–Trinajstić information content (AvgIpc) is 2.93. The molecule has 8 nitrogen and oxygen atoms in total. The molecule has 41 heavy (non-hydrogen) atoms. The molecule has 0 aromatic heterocycles. The van der Waals surface area contributed by atoms with Gasteiger partial charge in [0.05, 0.1) is 27.7 Å². The number of nitrogens with zero attached hydrogens (tertiary/aromatic N) is 2. The fraction of sp³-hybridized carbons (Fsp3) is 0.310. The van der Waals surface area contributed by atoms with E-state index >= 15 is 0 Å². The first kappa shape index (κ1) is 32.5. The van der Waals surface area contributed by atoms with Gasteiger partial charge in [-0.3, -0.25) is 13.9 Å². The van der Waals surface area contributed by atoms with Crippen molar-refractivity contribution in [2.75, 3.05) is 24.5 Å². The Balaban J connectivity index is 2.14. The highest BCUT2D eigenvalue weighted by atomic mass is 35.5. The van der Waals surface area contributed by atoms with Crippen molar-refractivity contribution in [1.82, 2.24) is 10.2 Å². The third kappa shape index (κ3) is 7.86. The molecule has 0 aliphatic carbocycles. The molecule has 3 aromatic carbocycles. The number of carbonyl (C=O) groups excluding carboxylic acids is 2. The van der Waals surface area contributed by atoms with Gasteiger partial charge in [0, 0.05) is 18.1 Å². The second-order valence-corrected chi connectivity index (χ2v) is 12.3. The predicted molar refractivity (Wildman–Crippen MR) is 163 cm³/mol. The molecule has 0 aliphatic heterocycles. The predicted octanol–water partition coefficient (Wildman–Crippen LogP) is 6.10. The molecule has 2 amide bonds. The fourth-order valence-electron chi connectivity index (χ4n) is 4.26. The molecule has 0 aliphatic rings. The third-order valence-corrected chi connectivity index (χ3v) is 9.12. The number of hydrogen-bond acceptors (Lipinski definition) is 5. The van der Waals surface area contributed by atoms with Gasteiger partial charge >= 0.3 is 0 Å². The monoisotopic (exact) mass is 639 g/mol. The second kappa shape index (κ2) is 14.3. The lowest BCUT2D eigenvalue weighted by atomic mass is 10.1. The van der Waals surface area contributed by atoms with Crippen LogP contribution in [0.2, 0.25) is 15.1 Å². The number of carbonyl (C=O) groups is 2. The highest BCUT2D eigenvalue weighted by Crippen LogP contribution is 2.35. The van der Waals surface area contributed by atoms with E-state index in [1.165, 1.54) is 36.3 Å². The van der Waals surface area contributed by atoms with Crippen LogP contribution in [0.4, 0.5) is 5.69 Å². The Hall–Kier alpha value is -2.98. The number of aryl methyl sites for hydroxylation is 1. The van der Waals surface area contributed by atoms with Gasteiger partial charge in [-0.1, -0.05) is 65.5 Å². The van der Waals surface area contributed by atoms with E-state index in [1.54, 1.807) is 50.2 Å². The van der Waals surface area contributed by atoms with Crippen molar-refractivity contribution in [2.24, 2.45) is 0 Å². The minimum absolute atomic E-state index is 0.0174. The molecule has 0 radical (unpaired) electrons. The quantitative estimate of drug-likeness (QED) is 0.258. The summed E-state index contributed by atoms with van der Waals surface area (Å²) < 4.78 is 34.5. The fourth-order valence-corrected chi connectivity index (χ4v) is 6.16. The van der Waals surface area contributed by atoms with Gasteiger partial charge in [-0.2, -0.15) is 0 Å². The standard InChI is InChI=1S/C29H32Cl3N3O5S/c1-5-25(29(37)33-6-2)34(17-20-9-13-23(31)24(32)15-20)28(36)18-35(26-16-21(30)10-14-27(26)40-4)41(38,39)22-11-7-19(3)8-12-22/h7-16,25H,5-6,17-18H2,1-4H3,(H,33,37). The summed E-state index contributed by atoms with van der Waals surface area (Å²) in [5.41, 5.74) is 1.56. The Morgan fingerprint density at radius 2 is 1.63 bits per heavy atom. The van der Waals surface area contributed by atoms with Crippen LogP contribution in [0.1, 0.15) is 31.4 Å². The van der Waals surface area contributed by atoms with Crippen LogP contribution in [-0.4, -0.2) is 51.4 Å². The van der Waals surface area contributed by atoms with E-state index in [1.807, 2.05) is 6.92 Å². The summed E-state index contributed by atoms with van der Waals surface area (Å²) in [4.78, 5) is 28.5. The number of methoxy groups -OCH3 is 1. The molecule has 3 rings (SSSR count). The zero-order valence-corrected chi connectivity index (χ0v) is 26.2. The normalized spacial score (nSPS) is 12.0. The lowest BCUT2D eigenvalue weighted by molar-refractivity contribution is -0.140. The lowest BCUT2D eigenvalue weighted by Gasteiger charge is -2.33. The largest absolute Gasteiger partial charge is 0.495 e. The molecule has 0 saturated carbocycles. The van der Waals surface area contributed by atoms with E-state index in [-0.39, 0.29) is 45.3 Å². The van der Waals surface area contributed by atoms with Crippen molar-refractivity contribution in [2.45, 2.75) is 44.7 Å².